The van der Waals surface area contributed by atoms with Gasteiger partial charge >= 0.3 is 0 Å². The molecule has 4 heteroatoms. The first-order valence-electron chi connectivity index (χ1n) is 7.18. The van der Waals surface area contributed by atoms with E-state index < -0.39 is 6.10 Å². The van der Waals surface area contributed by atoms with Crippen LogP contribution in [0.3, 0.4) is 0 Å². The van der Waals surface area contributed by atoms with E-state index in [1.807, 2.05) is 31.2 Å². The van der Waals surface area contributed by atoms with Crippen molar-refractivity contribution in [3.8, 4) is 5.75 Å². The molecule has 1 aromatic carbocycles. The predicted octanol–water partition coefficient (Wildman–Crippen LogP) is 1.85. The lowest BCUT2D eigenvalue weighted by Crippen LogP contribution is -2.55. The van der Waals surface area contributed by atoms with Gasteiger partial charge in [0.25, 0.3) is 0 Å². The van der Waals surface area contributed by atoms with Crippen molar-refractivity contribution in [3.63, 3.8) is 0 Å². The van der Waals surface area contributed by atoms with Crippen LogP contribution in [-0.4, -0.2) is 54.6 Å². The molecule has 112 valence electrons. The Morgan fingerprint density at radius 3 is 2.85 bits per heavy atom. The molecule has 2 rings (SSSR count). The van der Waals surface area contributed by atoms with Gasteiger partial charge in [0.2, 0.25) is 0 Å². The van der Waals surface area contributed by atoms with Crippen molar-refractivity contribution in [1.82, 2.24) is 4.90 Å². The zero-order valence-electron chi connectivity index (χ0n) is 12.6. The van der Waals surface area contributed by atoms with E-state index in [-0.39, 0.29) is 5.54 Å². The molecule has 0 spiro atoms. The second kappa shape index (κ2) is 6.57. The van der Waals surface area contributed by atoms with Crippen LogP contribution in [0.5, 0.6) is 5.75 Å². The average molecular weight is 279 g/mol. The van der Waals surface area contributed by atoms with E-state index in [2.05, 4.69) is 18.7 Å². The van der Waals surface area contributed by atoms with Gasteiger partial charge in [0, 0.05) is 18.6 Å². The largest absolute Gasteiger partial charge is 0.491 e. The summed E-state index contributed by atoms with van der Waals surface area (Å²) >= 11 is 0. The number of aliphatic hydroxyl groups excluding tert-OH is 1. The molecule has 1 heterocycles. The molecule has 0 aliphatic carbocycles. The number of para-hydroxylation sites is 1. The molecule has 1 fully saturated rings. The molecular weight excluding hydrogens is 254 g/mol. The lowest BCUT2D eigenvalue weighted by atomic mass is 10.0. The van der Waals surface area contributed by atoms with Crippen LogP contribution < -0.4 is 4.74 Å². The molecule has 0 radical (unpaired) electrons. The summed E-state index contributed by atoms with van der Waals surface area (Å²) in [6, 6.07) is 7.86. The maximum absolute atomic E-state index is 10.2. The van der Waals surface area contributed by atoms with Crippen LogP contribution in [0.2, 0.25) is 0 Å². The third kappa shape index (κ3) is 3.95. The molecule has 0 aromatic heterocycles. The molecule has 1 aromatic rings. The highest BCUT2D eigenvalue weighted by molar-refractivity contribution is 5.31. The fourth-order valence-electron chi connectivity index (χ4n) is 2.44. The third-order valence-electron chi connectivity index (χ3n) is 3.77. The zero-order chi connectivity index (χ0) is 14.6. The van der Waals surface area contributed by atoms with Gasteiger partial charge in [0.15, 0.2) is 0 Å². The minimum atomic E-state index is -0.494. The van der Waals surface area contributed by atoms with Crippen LogP contribution in [0, 0.1) is 6.92 Å². The molecule has 1 N–H and O–H groups in total. The summed E-state index contributed by atoms with van der Waals surface area (Å²) in [7, 11) is 0. The Bertz CT molecular complexity index is 433. The summed E-state index contributed by atoms with van der Waals surface area (Å²) in [4.78, 5) is 2.27. The molecule has 1 unspecified atom stereocenters. The molecule has 0 saturated carbocycles. The first-order valence-corrected chi connectivity index (χ1v) is 7.18. The molecule has 1 atom stereocenters. The second-order valence-electron chi connectivity index (χ2n) is 6.04. The highest BCUT2D eigenvalue weighted by Crippen LogP contribution is 2.20. The minimum Gasteiger partial charge on any atom is -0.491 e. The summed E-state index contributed by atoms with van der Waals surface area (Å²) in [6.07, 6.45) is -0.494. The van der Waals surface area contributed by atoms with E-state index >= 15 is 0 Å². The number of β-amino-alcohol motifs (C(OH)–C–C–N with tert-alkyl or cyclic N) is 1. The van der Waals surface area contributed by atoms with Crippen LogP contribution in [0.4, 0.5) is 0 Å². The van der Waals surface area contributed by atoms with Gasteiger partial charge in [0.05, 0.1) is 13.2 Å². The minimum absolute atomic E-state index is 0.0259. The Morgan fingerprint density at radius 1 is 1.40 bits per heavy atom. The van der Waals surface area contributed by atoms with Crippen molar-refractivity contribution >= 4 is 0 Å². The van der Waals surface area contributed by atoms with Gasteiger partial charge < -0.3 is 14.6 Å². The number of morpholine rings is 1. The van der Waals surface area contributed by atoms with Crippen LogP contribution in [-0.2, 0) is 4.74 Å². The van der Waals surface area contributed by atoms with Crippen molar-refractivity contribution in [2.75, 3.05) is 32.9 Å². The van der Waals surface area contributed by atoms with E-state index in [1.165, 1.54) is 0 Å². The molecule has 20 heavy (non-hydrogen) atoms. The quantitative estimate of drug-likeness (QED) is 0.893. The number of nitrogens with zero attached hydrogens (tertiary/aromatic N) is 1. The van der Waals surface area contributed by atoms with E-state index in [9.17, 15) is 5.11 Å². The number of hydrogen-bond donors (Lipinski definition) is 1. The number of aliphatic hydroxyl groups is 1. The second-order valence-corrected chi connectivity index (χ2v) is 6.04. The van der Waals surface area contributed by atoms with Crippen molar-refractivity contribution in [1.29, 1.82) is 0 Å². The molecule has 1 aliphatic heterocycles. The number of hydrogen-bond acceptors (Lipinski definition) is 4. The molecule has 1 aliphatic rings. The van der Waals surface area contributed by atoms with E-state index in [0.29, 0.717) is 19.8 Å². The fourth-order valence-corrected chi connectivity index (χ4v) is 2.44. The van der Waals surface area contributed by atoms with Gasteiger partial charge in [-0.05, 0) is 32.4 Å². The monoisotopic (exact) mass is 279 g/mol. The molecular formula is C16H25NO3. The zero-order valence-corrected chi connectivity index (χ0v) is 12.6. The Hall–Kier alpha value is -1.10. The smallest absolute Gasteiger partial charge is 0.122 e. The number of rotatable bonds is 5. The standard InChI is InChI=1S/C16H25NO3/c1-13-6-4-5-7-15(13)20-11-14(18)10-17-8-9-19-12-16(17,2)3/h4-7,14,18H,8-12H2,1-3H3. The predicted molar refractivity (Wildman–Crippen MR) is 79.2 cm³/mol. The Kier molecular flexibility index (Phi) is 5.02. The fraction of sp³-hybridized carbons (Fsp3) is 0.625. The van der Waals surface area contributed by atoms with E-state index in [1.54, 1.807) is 0 Å². The Labute approximate surface area is 121 Å². The lowest BCUT2D eigenvalue weighted by molar-refractivity contribution is -0.0703. The molecule has 0 bridgehead atoms. The summed E-state index contributed by atoms with van der Waals surface area (Å²) in [6.45, 7) is 9.51. The van der Waals surface area contributed by atoms with Crippen molar-refractivity contribution < 1.29 is 14.6 Å². The molecule has 4 nitrogen and oxygen atoms in total. The average Bonchev–Trinajstić information content (AvgIpc) is 2.40. The van der Waals surface area contributed by atoms with Crippen LogP contribution in [0.15, 0.2) is 24.3 Å². The summed E-state index contributed by atoms with van der Waals surface area (Å²) in [5.41, 5.74) is 1.06. The third-order valence-corrected chi connectivity index (χ3v) is 3.77. The maximum Gasteiger partial charge on any atom is 0.122 e. The van der Waals surface area contributed by atoms with Gasteiger partial charge in [-0.3, -0.25) is 4.90 Å². The topological polar surface area (TPSA) is 41.9 Å². The highest BCUT2D eigenvalue weighted by atomic mass is 16.5. The Balaban J connectivity index is 1.83. The number of benzene rings is 1. The van der Waals surface area contributed by atoms with Gasteiger partial charge in [-0.15, -0.1) is 0 Å². The van der Waals surface area contributed by atoms with E-state index in [0.717, 1.165) is 24.5 Å². The maximum atomic E-state index is 10.2. The van der Waals surface area contributed by atoms with Crippen molar-refractivity contribution in [2.45, 2.75) is 32.4 Å². The first kappa shape index (κ1) is 15.3. The van der Waals surface area contributed by atoms with Crippen molar-refractivity contribution in [2.24, 2.45) is 0 Å². The highest BCUT2D eigenvalue weighted by Gasteiger charge is 2.31. The summed E-state index contributed by atoms with van der Waals surface area (Å²) in [5, 5.41) is 10.2. The van der Waals surface area contributed by atoms with Gasteiger partial charge in [-0.2, -0.15) is 0 Å². The van der Waals surface area contributed by atoms with Crippen molar-refractivity contribution in [3.05, 3.63) is 29.8 Å². The molecule has 1 saturated heterocycles. The lowest BCUT2D eigenvalue weighted by Gasteiger charge is -2.42. The van der Waals surface area contributed by atoms with Gasteiger partial charge in [-0.25, -0.2) is 0 Å². The first-order chi connectivity index (χ1) is 9.49. The number of aryl methyl sites for hydroxylation is 1. The van der Waals surface area contributed by atoms with Crippen LogP contribution in [0.25, 0.3) is 0 Å². The van der Waals surface area contributed by atoms with Crippen LogP contribution in [0.1, 0.15) is 19.4 Å². The summed E-state index contributed by atoms with van der Waals surface area (Å²) in [5.74, 6) is 0.841. The Morgan fingerprint density at radius 2 is 2.15 bits per heavy atom. The number of ether oxygens (including phenoxy) is 2. The van der Waals surface area contributed by atoms with Gasteiger partial charge in [-0.1, -0.05) is 18.2 Å². The SMILES string of the molecule is Cc1ccccc1OCC(O)CN1CCOCC1(C)C. The molecule has 0 amide bonds. The van der Waals surface area contributed by atoms with E-state index in [4.69, 9.17) is 9.47 Å². The normalized spacial score (nSPS) is 20.6. The van der Waals surface area contributed by atoms with Gasteiger partial charge in [0.1, 0.15) is 18.5 Å². The summed E-state index contributed by atoms with van der Waals surface area (Å²) < 4.78 is 11.2. The van der Waals surface area contributed by atoms with Crippen LogP contribution >= 0.6 is 0 Å².